The van der Waals surface area contributed by atoms with E-state index in [1.165, 1.54) is 12.8 Å². The lowest BCUT2D eigenvalue weighted by Gasteiger charge is -2.22. The molecule has 0 amide bonds. The molecule has 4 heteroatoms. The molecule has 0 aliphatic heterocycles. The Bertz CT molecular complexity index is 774. The minimum Gasteiger partial charge on any atom is -0.459 e. The van der Waals surface area contributed by atoms with E-state index in [1.807, 2.05) is 24.3 Å². The standard InChI is InChI=1S/C24H28O4/c25-23(27-21-7-3-1-4-8-21)19-13-11-18-16-20(14-12-17(18)15-19)24(26)28-22-9-5-2-6-10-22/h11-16,21-22H,1-10H2. The highest BCUT2D eigenvalue weighted by Crippen LogP contribution is 2.25. The van der Waals surface area contributed by atoms with E-state index in [0.29, 0.717) is 11.1 Å². The molecule has 4 rings (SSSR count). The first-order valence-electron chi connectivity index (χ1n) is 10.6. The van der Waals surface area contributed by atoms with Crippen molar-refractivity contribution in [3.63, 3.8) is 0 Å². The number of rotatable bonds is 4. The highest BCUT2D eigenvalue weighted by Gasteiger charge is 2.20. The summed E-state index contributed by atoms with van der Waals surface area (Å²) in [7, 11) is 0. The summed E-state index contributed by atoms with van der Waals surface area (Å²) in [5, 5.41) is 1.85. The zero-order valence-corrected chi connectivity index (χ0v) is 16.3. The first-order valence-corrected chi connectivity index (χ1v) is 10.6. The van der Waals surface area contributed by atoms with Crippen LogP contribution >= 0.6 is 0 Å². The lowest BCUT2D eigenvalue weighted by molar-refractivity contribution is 0.0201. The molecule has 0 aromatic heterocycles. The van der Waals surface area contributed by atoms with E-state index in [1.54, 1.807) is 12.1 Å². The third-order valence-electron chi connectivity index (χ3n) is 5.96. The van der Waals surface area contributed by atoms with Crippen molar-refractivity contribution in [2.75, 3.05) is 0 Å². The number of carbonyl (C=O) groups is 2. The molecule has 2 saturated carbocycles. The van der Waals surface area contributed by atoms with Gasteiger partial charge in [0.15, 0.2) is 0 Å². The highest BCUT2D eigenvalue weighted by atomic mass is 16.5. The monoisotopic (exact) mass is 380 g/mol. The van der Waals surface area contributed by atoms with Crippen LogP contribution in [-0.2, 0) is 9.47 Å². The van der Waals surface area contributed by atoms with Crippen LogP contribution in [-0.4, -0.2) is 24.1 Å². The van der Waals surface area contributed by atoms with Crippen LogP contribution in [0.4, 0.5) is 0 Å². The van der Waals surface area contributed by atoms with Gasteiger partial charge in [-0.25, -0.2) is 9.59 Å². The first-order chi connectivity index (χ1) is 13.7. The molecule has 2 aromatic carbocycles. The van der Waals surface area contributed by atoms with Gasteiger partial charge in [0.25, 0.3) is 0 Å². The molecule has 0 bridgehead atoms. The number of hydrogen-bond acceptors (Lipinski definition) is 4. The summed E-state index contributed by atoms with van der Waals surface area (Å²) in [6, 6.07) is 11.0. The molecule has 2 aliphatic rings. The molecule has 0 spiro atoms. The van der Waals surface area contributed by atoms with Crippen molar-refractivity contribution in [3.8, 4) is 0 Å². The Morgan fingerprint density at radius 1 is 0.607 bits per heavy atom. The van der Waals surface area contributed by atoms with E-state index in [2.05, 4.69) is 0 Å². The molecule has 0 atom stereocenters. The zero-order chi connectivity index (χ0) is 19.3. The fourth-order valence-electron chi connectivity index (χ4n) is 4.30. The normalized spacial score (nSPS) is 18.7. The Labute approximate surface area is 166 Å². The number of esters is 2. The van der Waals surface area contributed by atoms with Gasteiger partial charge in [-0.1, -0.05) is 25.0 Å². The van der Waals surface area contributed by atoms with Crippen LogP contribution in [0.3, 0.4) is 0 Å². The van der Waals surface area contributed by atoms with Gasteiger partial charge in [0, 0.05) is 0 Å². The van der Waals surface area contributed by atoms with E-state index in [-0.39, 0.29) is 24.1 Å². The Kier molecular flexibility index (Phi) is 5.94. The zero-order valence-electron chi connectivity index (χ0n) is 16.3. The second-order valence-electron chi connectivity index (χ2n) is 8.11. The van der Waals surface area contributed by atoms with Crippen molar-refractivity contribution < 1.29 is 19.1 Å². The number of fused-ring (bicyclic) bond motifs is 1. The third kappa shape index (κ3) is 4.54. The molecular formula is C24H28O4. The molecule has 28 heavy (non-hydrogen) atoms. The lowest BCUT2D eigenvalue weighted by Crippen LogP contribution is -2.21. The first kappa shape index (κ1) is 19.0. The summed E-state index contributed by atoms with van der Waals surface area (Å²) in [5.74, 6) is -0.510. The second-order valence-corrected chi connectivity index (χ2v) is 8.11. The molecule has 2 aliphatic carbocycles. The molecule has 0 heterocycles. The van der Waals surface area contributed by atoms with Crippen LogP contribution < -0.4 is 0 Å². The molecule has 0 N–H and O–H groups in total. The SMILES string of the molecule is O=C(OC1CCCCC1)c1ccc2cc(C(=O)OC3CCCCC3)ccc2c1. The van der Waals surface area contributed by atoms with Gasteiger partial charge in [-0.3, -0.25) is 0 Å². The maximum Gasteiger partial charge on any atom is 0.338 e. The fraction of sp³-hybridized carbons (Fsp3) is 0.500. The predicted molar refractivity (Wildman–Crippen MR) is 109 cm³/mol. The predicted octanol–water partition coefficient (Wildman–Crippen LogP) is 5.82. The van der Waals surface area contributed by atoms with Crippen LogP contribution in [0.25, 0.3) is 10.8 Å². The minimum atomic E-state index is -0.255. The van der Waals surface area contributed by atoms with Gasteiger partial charge >= 0.3 is 11.9 Å². The van der Waals surface area contributed by atoms with Gasteiger partial charge in [0.05, 0.1) is 11.1 Å². The maximum atomic E-state index is 12.5. The molecule has 148 valence electrons. The van der Waals surface area contributed by atoms with Crippen molar-refractivity contribution in [2.24, 2.45) is 0 Å². The summed E-state index contributed by atoms with van der Waals surface area (Å²) < 4.78 is 11.3. The molecule has 0 unspecified atom stereocenters. The summed E-state index contributed by atoms with van der Waals surface area (Å²) in [4.78, 5) is 24.9. The van der Waals surface area contributed by atoms with Gasteiger partial charge < -0.3 is 9.47 Å². The molecule has 0 radical (unpaired) electrons. The Balaban J connectivity index is 1.44. The van der Waals surface area contributed by atoms with E-state index < -0.39 is 0 Å². The Morgan fingerprint density at radius 3 is 1.39 bits per heavy atom. The van der Waals surface area contributed by atoms with Crippen LogP contribution in [0.1, 0.15) is 84.9 Å². The Morgan fingerprint density at radius 2 is 1.00 bits per heavy atom. The number of carbonyl (C=O) groups excluding carboxylic acids is 2. The van der Waals surface area contributed by atoms with Crippen molar-refractivity contribution in [3.05, 3.63) is 47.5 Å². The van der Waals surface area contributed by atoms with Crippen LogP contribution in [0.5, 0.6) is 0 Å². The van der Waals surface area contributed by atoms with E-state index in [4.69, 9.17) is 9.47 Å². The smallest absolute Gasteiger partial charge is 0.338 e. The number of benzene rings is 2. The summed E-state index contributed by atoms with van der Waals surface area (Å²) in [5.41, 5.74) is 1.13. The number of hydrogen-bond donors (Lipinski definition) is 0. The summed E-state index contributed by atoms with van der Waals surface area (Å²) in [6.45, 7) is 0. The quantitative estimate of drug-likeness (QED) is 0.627. The third-order valence-corrected chi connectivity index (χ3v) is 5.96. The maximum absolute atomic E-state index is 12.5. The fourth-order valence-corrected chi connectivity index (χ4v) is 4.30. The van der Waals surface area contributed by atoms with Gasteiger partial charge in [-0.05, 0) is 86.4 Å². The highest BCUT2D eigenvalue weighted by molar-refractivity contribution is 5.99. The lowest BCUT2D eigenvalue weighted by atomic mass is 9.97. The van der Waals surface area contributed by atoms with Crippen molar-refractivity contribution in [1.29, 1.82) is 0 Å². The number of ether oxygens (including phenoxy) is 2. The summed E-state index contributed by atoms with van der Waals surface area (Å²) in [6.07, 6.45) is 11.0. The van der Waals surface area contributed by atoms with Crippen molar-refractivity contribution >= 4 is 22.7 Å². The molecule has 2 fully saturated rings. The average Bonchev–Trinajstić information content (AvgIpc) is 2.74. The minimum absolute atomic E-state index is 0.0499. The van der Waals surface area contributed by atoms with Crippen LogP contribution in [0.15, 0.2) is 36.4 Å². The average molecular weight is 380 g/mol. The van der Waals surface area contributed by atoms with Crippen LogP contribution in [0, 0.1) is 0 Å². The molecule has 4 nitrogen and oxygen atoms in total. The second kappa shape index (κ2) is 8.76. The van der Waals surface area contributed by atoms with Crippen molar-refractivity contribution in [2.45, 2.75) is 76.4 Å². The summed E-state index contributed by atoms with van der Waals surface area (Å²) >= 11 is 0. The van der Waals surface area contributed by atoms with Gasteiger partial charge in [-0.15, -0.1) is 0 Å². The van der Waals surface area contributed by atoms with Gasteiger partial charge in [0.1, 0.15) is 12.2 Å². The molecular weight excluding hydrogens is 352 g/mol. The van der Waals surface area contributed by atoms with E-state index in [0.717, 1.165) is 62.1 Å². The molecule has 0 saturated heterocycles. The largest absolute Gasteiger partial charge is 0.459 e. The molecule has 2 aromatic rings. The van der Waals surface area contributed by atoms with Crippen LogP contribution in [0.2, 0.25) is 0 Å². The van der Waals surface area contributed by atoms with E-state index in [9.17, 15) is 9.59 Å². The van der Waals surface area contributed by atoms with Gasteiger partial charge in [-0.2, -0.15) is 0 Å². The van der Waals surface area contributed by atoms with E-state index >= 15 is 0 Å². The Hall–Kier alpha value is -2.36. The van der Waals surface area contributed by atoms with Crippen molar-refractivity contribution in [1.82, 2.24) is 0 Å². The topological polar surface area (TPSA) is 52.6 Å². The van der Waals surface area contributed by atoms with Gasteiger partial charge in [0.2, 0.25) is 0 Å².